The number of likely N-dealkylation sites (N-methyl/N-ethyl adjacent to an activating group) is 1. The molecule has 5 heteroatoms. The van der Waals surface area contributed by atoms with Crippen LogP contribution in [0.25, 0.3) is 0 Å². The monoisotopic (exact) mass is 267 g/mol. The summed E-state index contributed by atoms with van der Waals surface area (Å²) in [6.07, 6.45) is 5.32. The van der Waals surface area contributed by atoms with Gasteiger partial charge in [-0.1, -0.05) is 6.42 Å². The van der Waals surface area contributed by atoms with E-state index < -0.39 is 0 Å². The molecule has 2 aliphatic rings. The highest BCUT2D eigenvalue weighted by atomic mass is 16.2. The van der Waals surface area contributed by atoms with Crippen molar-refractivity contribution >= 4 is 11.8 Å². The first-order valence-corrected chi connectivity index (χ1v) is 7.41. The summed E-state index contributed by atoms with van der Waals surface area (Å²) in [7, 11) is 0. The number of carbonyl (C=O) groups is 2. The van der Waals surface area contributed by atoms with Gasteiger partial charge in [0.1, 0.15) is 0 Å². The highest BCUT2D eigenvalue weighted by molar-refractivity contribution is 5.85. The zero-order valence-electron chi connectivity index (χ0n) is 11.7. The zero-order chi connectivity index (χ0) is 13.8. The molecule has 5 nitrogen and oxygen atoms in total. The average Bonchev–Trinajstić information content (AvgIpc) is 2.36. The van der Waals surface area contributed by atoms with Crippen LogP contribution in [0, 0.1) is 17.8 Å². The van der Waals surface area contributed by atoms with Gasteiger partial charge in [-0.05, 0) is 44.4 Å². The molecule has 2 saturated carbocycles. The van der Waals surface area contributed by atoms with E-state index in [1.165, 1.54) is 6.42 Å². The summed E-state index contributed by atoms with van der Waals surface area (Å²) in [6.45, 7) is 2.55. The Kier molecular flexibility index (Phi) is 4.80. The third-order valence-electron chi connectivity index (χ3n) is 4.58. The van der Waals surface area contributed by atoms with Crippen LogP contribution in [0.2, 0.25) is 0 Å². The van der Waals surface area contributed by atoms with Gasteiger partial charge in [0.15, 0.2) is 0 Å². The van der Waals surface area contributed by atoms with Crippen molar-refractivity contribution in [3.05, 3.63) is 0 Å². The molecule has 0 aromatic rings. The highest BCUT2D eigenvalue weighted by Gasteiger charge is 2.40. The van der Waals surface area contributed by atoms with Crippen LogP contribution in [0.4, 0.5) is 0 Å². The van der Waals surface area contributed by atoms with Gasteiger partial charge in [-0.2, -0.15) is 0 Å². The lowest BCUT2D eigenvalue weighted by atomic mass is 9.65. The first-order valence-electron chi connectivity index (χ1n) is 7.41. The van der Waals surface area contributed by atoms with Gasteiger partial charge in [0.2, 0.25) is 11.8 Å². The van der Waals surface area contributed by atoms with E-state index in [1.807, 2.05) is 6.92 Å². The fourth-order valence-electron chi connectivity index (χ4n) is 3.57. The molecular formula is C14H25N3O2. The number of fused-ring (bicyclic) bond motifs is 2. The Balaban J connectivity index is 1.82. The van der Waals surface area contributed by atoms with Crippen LogP contribution in [0.3, 0.4) is 0 Å². The van der Waals surface area contributed by atoms with Gasteiger partial charge in [-0.3, -0.25) is 9.59 Å². The molecule has 0 radical (unpaired) electrons. The summed E-state index contributed by atoms with van der Waals surface area (Å²) in [4.78, 5) is 23.4. The van der Waals surface area contributed by atoms with Crippen LogP contribution in [0.5, 0.6) is 0 Å². The quantitative estimate of drug-likeness (QED) is 0.689. The van der Waals surface area contributed by atoms with Crippen molar-refractivity contribution < 1.29 is 9.59 Å². The number of nitrogens with two attached hydrogens (primary N) is 1. The first kappa shape index (κ1) is 14.3. The van der Waals surface area contributed by atoms with Gasteiger partial charge < -0.3 is 16.4 Å². The Hall–Kier alpha value is -1.10. The molecule has 4 N–H and O–H groups in total. The van der Waals surface area contributed by atoms with Gasteiger partial charge in [-0.25, -0.2) is 0 Å². The predicted octanol–water partition coefficient (Wildman–Crippen LogP) is 0.392. The third kappa shape index (κ3) is 3.47. The topological polar surface area (TPSA) is 84.2 Å². The second-order valence-corrected chi connectivity index (χ2v) is 5.87. The lowest BCUT2D eigenvalue weighted by molar-refractivity contribution is -0.130. The second-order valence-electron chi connectivity index (χ2n) is 5.87. The Labute approximate surface area is 114 Å². The summed E-state index contributed by atoms with van der Waals surface area (Å²) in [5, 5.41) is 5.43. The Morgan fingerprint density at radius 1 is 1.16 bits per heavy atom. The van der Waals surface area contributed by atoms with E-state index in [9.17, 15) is 9.59 Å². The minimum Gasteiger partial charge on any atom is -0.355 e. The maximum Gasteiger partial charge on any atom is 0.239 e. The van der Waals surface area contributed by atoms with E-state index in [4.69, 9.17) is 5.73 Å². The standard InChI is InChI=1S/C14H25N3O2/c1-2-16-12(18)8-17-14(19)11-6-9-4-3-5-10(7-11)13(9)15/h9-11,13H,2-8,15H2,1H3,(H,16,18)(H,17,19). The summed E-state index contributed by atoms with van der Waals surface area (Å²) in [6, 6.07) is 0.279. The Bertz CT molecular complexity index is 332. The van der Waals surface area contributed by atoms with E-state index in [0.29, 0.717) is 18.4 Å². The van der Waals surface area contributed by atoms with Crippen molar-refractivity contribution in [3.63, 3.8) is 0 Å². The lowest BCUT2D eigenvalue weighted by Gasteiger charge is -2.43. The van der Waals surface area contributed by atoms with Gasteiger partial charge in [-0.15, -0.1) is 0 Å². The fraction of sp³-hybridized carbons (Fsp3) is 0.857. The number of nitrogens with one attached hydrogen (secondary N) is 2. The molecule has 0 aromatic heterocycles. The fourth-order valence-corrected chi connectivity index (χ4v) is 3.57. The van der Waals surface area contributed by atoms with Crippen molar-refractivity contribution in [1.29, 1.82) is 0 Å². The van der Waals surface area contributed by atoms with Crippen molar-refractivity contribution in [2.75, 3.05) is 13.1 Å². The molecule has 0 saturated heterocycles. The molecule has 2 amide bonds. The van der Waals surface area contributed by atoms with Crippen LogP contribution in [-0.4, -0.2) is 30.9 Å². The number of rotatable bonds is 4. The summed E-state index contributed by atoms with van der Waals surface area (Å²) >= 11 is 0. The third-order valence-corrected chi connectivity index (χ3v) is 4.58. The molecule has 19 heavy (non-hydrogen) atoms. The lowest BCUT2D eigenvalue weighted by Crippen LogP contribution is -2.49. The molecule has 2 unspecified atom stereocenters. The Morgan fingerprint density at radius 3 is 2.37 bits per heavy atom. The summed E-state index contributed by atoms with van der Waals surface area (Å²) < 4.78 is 0. The Morgan fingerprint density at radius 2 is 1.79 bits per heavy atom. The van der Waals surface area contributed by atoms with E-state index in [0.717, 1.165) is 25.7 Å². The SMILES string of the molecule is CCNC(=O)CNC(=O)C1CC2CCCC(C1)C2N. The highest BCUT2D eigenvalue weighted by Crippen LogP contribution is 2.41. The van der Waals surface area contributed by atoms with Crippen LogP contribution >= 0.6 is 0 Å². The van der Waals surface area contributed by atoms with Crippen LogP contribution < -0.4 is 16.4 Å². The largest absolute Gasteiger partial charge is 0.355 e. The van der Waals surface area contributed by atoms with Crippen molar-refractivity contribution in [2.45, 2.75) is 45.1 Å². The molecule has 2 rings (SSSR count). The molecule has 2 atom stereocenters. The van der Waals surface area contributed by atoms with E-state index in [2.05, 4.69) is 10.6 Å². The molecule has 0 aliphatic heterocycles. The van der Waals surface area contributed by atoms with Crippen molar-refractivity contribution in [2.24, 2.45) is 23.5 Å². The van der Waals surface area contributed by atoms with E-state index in [1.54, 1.807) is 0 Å². The molecule has 0 aromatic carbocycles. The van der Waals surface area contributed by atoms with Gasteiger partial charge in [0, 0.05) is 18.5 Å². The summed E-state index contributed by atoms with van der Waals surface area (Å²) in [5.74, 6) is 0.934. The maximum atomic E-state index is 12.1. The number of carbonyl (C=O) groups excluding carboxylic acids is 2. The van der Waals surface area contributed by atoms with Gasteiger partial charge >= 0.3 is 0 Å². The van der Waals surface area contributed by atoms with E-state index in [-0.39, 0.29) is 30.3 Å². The second kappa shape index (κ2) is 6.37. The number of hydrogen-bond donors (Lipinski definition) is 3. The molecule has 108 valence electrons. The van der Waals surface area contributed by atoms with Crippen LogP contribution in [-0.2, 0) is 9.59 Å². The summed E-state index contributed by atoms with van der Waals surface area (Å²) in [5.41, 5.74) is 6.21. The minimum atomic E-state index is -0.122. The zero-order valence-corrected chi connectivity index (χ0v) is 11.7. The van der Waals surface area contributed by atoms with Crippen LogP contribution in [0.1, 0.15) is 39.0 Å². The van der Waals surface area contributed by atoms with E-state index >= 15 is 0 Å². The number of hydrogen-bond acceptors (Lipinski definition) is 3. The van der Waals surface area contributed by atoms with Crippen molar-refractivity contribution in [3.8, 4) is 0 Å². The molecule has 0 spiro atoms. The molecule has 2 bridgehead atoms. The molecule has 0 heterocycles. The molecule has 2 fully saturated rings. The van der Waals surface area contributed by atoms with Gasteiger partial charge in [0.05, 0.1) is 6.54 Å². The first-order chi connectivity index (χ1) is 9.11. The molecular weight excluding hydrogens is 242 g/mol. The number of amides is 2. The predicted molar refractivity (Wildman–Crippen MR) is 73.2 cm³/mol. The minimum absolute atomic E-state index is 0.0232. The van der Waals surface area contributed by atoms with Crippen LogP contribution in [0.15, 0.2) is 0 Å². The van der Waals surface area contributed by atoms with Gasteiger partial charge in [0.25, 0.3) is 0 Å². The maximum absolute atomic E-state index is 12.1. The van der Waals surface area contributed by atoms with Crippen molar-refractivity contribution in [1.82, 2.24) is 10.6 Å². The smallest absolute Gasteiger partial charge is 0.239 e. The average molecular weight is 267 g/mol. The molecule has 2 aliphatic carbocycles. The normalized spacial score (nSPS) is 33.6.